The van der Waals surface area contributed by atoms with E-state index in [1.165, 1.54) is 0 Å². The topological polar surface area (TPSA) is 91.9 Å². The summed E-state index contributed by atoms with van der Waals surface area (Å²) in [6.07, 6.45) is -3.08. The summed E-state index contributed by atoms with van der Waals surface area (Å²) < 4.78 is 10.5. The molecule has 0 radical (unpaired) electrons. The molecule has 0 saturated carbocycles. The van der Waals surface area contributed by atoms with E-state index in [9.17, 15) is 15.0 Å². The van der Waals surface area contributed by atoms with Crippen molar-refractivity contribution in [3.05, 3.63) is 36.1 Å². The molecule has 6 heteroatoms. The van der Waals surface area contributed by atoms with E-state index in [-0.39, 0.29) is 12.3 Å². The summed E-state index contributed by atoms with van der Waals surface area (Å²) in [6.45, 7) is 5.08. The zero-order valence-electron chi connectivity index (χ0n) is 12.9. The van der Waals surface area contributed by atoms with Gasteiger partial charge in [-0.2, -0.15) is 0 Å². The lowest BCUT2D eigenvalue weighted by Gasteiger charge is -2.21. The van der Waals surface area contributed by atoms with E-state index in [0.717, 1.165) is 5.39 Å². The van der Waals surface area contributed by atoms with Crippen molar-refractivity contribution < 1.29 is 24.2 Å². The highest BCUT2D eigenvalue weighted by Crippen LogP contribution is 2.25. The van der Waals surface area contributed by atoms with E-state index >= 15 is 0 Å². The van der Waals surface area contributed by atoms with Gasteiger partial charge in [-0.1, -0.05) is 18.2 Å². The first-order valence-electron chi connectivity index (χ1n) is 7.08. The first-order chi connectivity index (χ1) is 10.3. The molecular formula is C16H21NO5. The van der Waals surface area contributed by atoms with Crippen LogP contribution in [0.4, 0.5) is 4.79 Å². The molecule has 22 heavy (non-hydrogen) atoms. The largest absolute Gasteiger partial charge is 0.458 e. The third kappa shape index (κ3) is 4.22. The van der Waals surface area contributed by atoms with E-state index in [1.54, 1.807) is 32.9 Å². The molecule has 3 N–H and O–H groups in total. The normalized spacial score (nSPS) is 14.6. The molecule has 2 unspecified atom stereocenters. The molecule has 2 aromatic rings. The van der Waals surface area contributed by atoms with E-state index in [4.69, 9.17) is 9.15 Å². The van der Waals surface area contributed by atoms with Crippen LogP contribution in [0.2, 0.25) is 0 Å². The number of fused-ring (bicyclic) bond motifs is 1. The van der Waals surface area contributed by atoms with Gasteiger partial charge in [0, 0.05) is 11.9 Å². The summed E-state index contributed by atoms with van der Waals surface area (Å²) in [5, 5.41) is 23.3. The van der Waals surface area contributed by atoms with Crippen molar-refractivity contribution in [3.8, 4) is 0 Å². The van der Waals surface area contributed by atoms with Gasteiger partial charge in [0.1, 0.15) is 29.2 Å². The number of carbonyl (C=O) groups is 1. The van der Waals surface area contributed by atoms with Crippen molar-refractivity contribution in [2.75, 3.05) is 6.54 Å². The fraction of sp³-hybridized carbons (Fsp3) is 0.438. The molecule has 0 spiro atoms. The zero-order chi connectivity index (χ0) is 16.3. The second-order valence-electron chi connectivity index (χ2n) is 6.08. The maximum atomic E-state index is 11.5. The first kappa shape index (κ1) is 16.3. The van der Waals surface area contributed by atoms with Crippen LogP contribution in [0.25, 0.3) is 11.0 Å². The lowest BCUT2D eigenvalue weighted by atomic mass is 10.1. The number of benzene rings is 1. The van der Waals surface area contributed by atoms with Gasteiger partial charge in [-0.3, -0.25) is 0 Å². The quantitative estimate of drug-likeness (QED) is 0.806. The highest BCUT2D eigenvalue weighted by atomic mass is 16.6. The van der Waals surface area contributed by atoms with Crippen molar-refractivity contribution >= 4 is 17.1 Å². The molecule has 0 saturated heterocycles. The number of para-hydroxylation sites is 1. The SMILES string of the molecule is CC(C)(C)OC(=O)NCC(O)C(O)c1cc2ccccc2o1. The molecule has 2 rings (SSSR count). The Kier molecular flexibility index (Phi) is 4.73. The Labute approximate surface area is 128 Å². The van der Waals surface area contributed by atoms with Crippen LogP contribution in [-0.4, -0.2) is 34.6 Å². The monoisotopic (exact) mass is 307 g/mol. The highest BCUT2D eigenvalue weighted by molar-refractivity contribution is 5.77. The van der Waals surface area contributed by atoms with Crippen LogP contribution < -0.4 is 5.32 Å². The van der Waals surface area contributed by atoms with Crippen molar-refractivity contribution in [2.24, 2.45) is 0 Å². The van der Waals surface area contributed by atoms with Gasteiger partial charge in [-0.25, -0.2) is 4.79 Å². The molecular weight excluding hydrogens is 286 g/mol. The van der Waals surface area contributed by atoms with E-state index < -0.39 is 23.9 Å². The summed E-state index contributed by atoms with van der Waals surface area (Å²) in [7, 11) is 0. The molecule has 6 nitrogen and oxygen atoms in total. The smallest absolute Gasteiger partial charge is 0.407 e. The first-order valence-corrected chi connectivity index (χ1v) is 7.08. The van der Waals surface area contributed by atoms with Crippen molar-refractivity contribution in [3.63, 3.8) is 0 Å². The predicted octanol–water partition coefficient (Wildman–Crippen LogP) is 2.35. The van der Waals surface area contributed by atoms with Crippen LogP contribution in [-0.2, 0) is 4.74 Å². The number of hydrogen-bond donors (Lipinski definition) is 3. The van der Waals surface area contributed by atoms with Crippen LogP contribution in [0, 0.1) is 0 Å². The summed E-state index contributed by atoms with van der Waals surface area (Å²) in [4.78, 5) is 11.5. The Morgan fingerprint density at radius 3 is 2.64 bits per heavy atom. The molecule has 1 aromatic heterocycles. The maximum absolute atomic E-state index is 11.5. The van der Waals surface area contributed by atoms with Crippen molar-refractivity contribution in [2.45, 2.75) is 38.6 Å². The summed E-state index contributed by atoms with van der Waals surface area (Å²) in [6, 6.07) is 8.96. The number of aliphatic hydroxyl groups is 2. The molecule has 0 aliphatic heterocycles. The van der Waals surface area contributed by atoms with Gasteiger partial charge in [0.2, 0.25) is 0 Å². The van der Waals surface area contributed by atoms with Gasteiger partial charge < -0.3 is 24.7 Å². The number of furan rings is 1. The zero-order valence-corrected chi connectivity index (χ0v) is 12.9. The number of ether oxygens (including phenoxy) is 1. The number of nitrogens with one attached hydrogen (secondary N) is 1. The lowest BCUT2D eigenvalue weighted by Crippen LogP contribution is -2.38. The Hall–Kier alpha value is -2.05. The van der Waals surface area contributed by atoms with Gasteiger partial charge in [-0.05, 0) is 32.9 Å². The van der Waals surface area contributed by atoms with Crippen molar-refractivity contribution in [1.82, 2.24) is 5.32 Å². The summed E-state index contributed by atoms with van der Waals surface area (Å²) >= 11 is 0. The summed E-state index contributed by atoms with van der Waals surface area (Å²) in [5.41, 5.74) is 0.00990. The van der Waals surface area contributed by atoms with Gasteiger partial charge >= 0.3 is 6.09 Å². The van der Waals surface area contributed by atoms with Crippen LogP contribution in [0.15, 0.2) is 34.7 Å². The molecule has 120 valence electrons. The fourth-order valence-electron chi connectivity index (χ4n) is 1.95. The maximum Gasteiger partial charge on any atom is 0.407 e. The second-order valence-corrected chi connectivity index (χ2v) is 6.08. The minimum absolute atomic E-state index is 0.146. The van der Waals surface area contributed by atoms with Crippen molar-refractivity contribution in [1.29, 1.82) is 0 Å². The van der Waals surface area contributed by atoms with Gasteiger partial charge in [0.05, 0.1) is 0 Å². The number of hydrogen-bond acceptors (Lipinski definition) is 5. The third-order valence-corrected chi connectivity index (χ3v) is 2.95. The minimum atomic E-state index is -1.23. The average Bonchev–Trinajstić information content (AvgIpc) is 2.85. The molecule has 1 amide bonds. The lowest BCUT2D eigenvalue weighted by molar-refractivity contribution is 0.00302. The van der Waals surface area contributed by atoms with Gasteiger partial charge in [0.25, 0.3) is 0 Å². The summed E-state index contributed by atoms with van der Waals surface area (Å²) in [5.74, 6) is 0.250. The highest BCUT2D eigenvalue weighted by Gasteiger charge is 2.24. The molecule has 0 aliphatic carbocycles. The average molecular weight is 307 g/mol. The molecule has 0 bridgehead atoms. The molecule has 2 atom stereocenters. The van der Waals surface area contributed by atoms with E-state index in [1.807, 2.05) is 18.2 Å². The number of alkyl carbamates (subject to hydrolysis) is 1. The number of amides is 1. The Morgan fingerprint density at radius 1 is 1.32 bits per heavy atom. The van der Waals surface area contributed by atoms with E-state index in [2.05, 4.69) is 5.32 Å². The molecule has 1 aromatic carbocycles. The third-order valence-electron chi connectivity index (χ3n) is 2.95. The number of carbonyl (C=O) groups excluding carboxylic acids is 1. The van der Waals surface area contributed by atoms with Gasteiger partial charge in [-0.15, -0.1) is 0 Å². The number of aliphatic hydroxyl groups excluding tert-OH is 2. The number of rotatable bonds is 4. The standard InChI is InChI=1S/C16H21NO5/c1-16(2,3)22-15(20)17-9-11(18)14(19)13-8-10-6-4-5-7-12(10)21-13/h4-8,11,14,18-19H,9H2,1-3H3,(H,17,20). The minimum Gasteiger partial charge on any atom is -0.458 e. The second kappa shape index (κ2) is 6.37. The molecule has 0 fully saturated rings. The van der Waals surface area contributed by atoms with Crippen LogP contribution in [0.3, 0.4) is 0 Å². The Bertz CT molecular complexity index is 610. The fourth-order valence-corrected chi connectivity index (χ4v) is 1.95. The van der Waals surface area contributed by atoms with Crippen LogP contribution in [0.1, 0.15) is 32.6 Å². The Morgan fingerprint density at radius 2 is 2.00 bits per heavy atom. The Balaban J connectivity index is 1.94. The van der Waals surface area contributed by atoms with Crippen LogP contribution >= 0.6 is 0 Å². The van der Waals surface area contributed by atoms with Crippen LogP contribution in [0.5, 0.6) is 0 Å². The predicted molar refractivity (Wildman–Crippen MR) is 81.4 cm³/mol. The van der Waals surface area contributed by atoms with E-state index in [0.29, 0.717) is 5.58 Å². The van der Waals surface area contributed by atoms with Gasteiger partial charge in [0.15, 0.2) is 0 Å². The molecule has 0 aliphatic rings. The molecule has 1 heterocycles.